The summed E-state index contributed by atoms with van der Waals surface area (Å²) in [5, 5.41) is 3.48. The molecule has 1 saturated carbocycles. The number of hydrogen-bond donors (Lipinski definition) is 2. The van der Waals surface area contributed by atoms with E-state index < -0.39 is 0 Å². The van der Waals surface area contributed by atoms with Crippen LogP contribution in [0.4, 0.5) is 5.69 Å². The fourth-order valence-corrected chi connectivity index (χ4v) is 2.65. The maximum Gasteiger partial charge on any atom is 0.106 e. The number of thiocarbonyl (C=S) groups is 1. The van der Waals surface area contributed by atoms with Crippen LogP contribution in [0.25, 0.3) is 0 Å². The minimum Gasteiger partial charge on any atom is -0.389 e. The van der Waals surface area contributed by atoms with Gasteiger partial charge in [0.05, 0.1) is 6.10 Å². The fraction of sp³-hybridized carbons (Fsp3) is 0.462. The number of nitrogens with two attached hydrogens (primary N) is 1. The molecule has 0 unspecified atom stereocenters. The minimum atomic E-state index is 0.399. The highest BCUT2D eigenvalue weighted by atomic mass is 79.9. The van der Waals surface area contributed by atoms with Crippen molar-refractivity contribution in [2.45, 2.75) is 31.9 Å². The first-order valence-electron chi connectivity index (χ1n) is 6.07. The van der Waals surface area contributed by atoms with E-state index in [-0.39, 0.29) is 0 Å². The molecule has 0 spiro atoms. The number of ether oxygens (including phenoxy) is 1. The second kappa shape index (κ2) is 5.99. The van der Waals surface area contributed by atoms with Crippen molar-refractivity contribution >= 4 is 38.8 Å². The first-order chi connectivity index (χ1) is 8.60. The van der Waals surface area contributed by atoms with E-state index in [2.05, 4.69) is 21.2 Å². The molecule has 1 fully saturated rings. The summed E-state index contributed by atoms with van der Waals surface area (Å²) in [6.07, 6.45) is 2.48. The summed E-state index contributed by atoms with van der Waals surface area (Å²) in [6, 6.07) is 6.40. The van der Waals surface area contributed by atoms with Gasteiger partial charge in [0.25, 0.3) is 0 Å². The van der Waals surface area contributed by atoms with E-state index in [0.717, 1.165) is 35.2 Å². The van der Waals surface area contributed by atoms with Crippen molar-refractivity contribution in [1.29, 1.82) is 0 Å². The predicted molar refractivity (Wildman–Crippen MR) is 82.1 cm³/mol. The van der Waals surface area contributed by atoms with Crippen LogP contribution in [0, 0.1) is 0 Å². The van der Waals surface area contributed by atoms with Crippen LogP contribution in [0.15, 0.2) is 22.7 Å². The first-order valence-corrected chi connectivity index (χ1v) is 7.27. The third kappa shape index (κ3) is 3.22. The zero-order valence-corrected chi connectivity index (χ0v) is 12.7. The summed E-state index contributed by atoms with van der Waals surface area (Å²) >= 11 is 8.50. The topological polar surface area (TPSA) is 47.3 Å². The number of hydrogen-bond acceptors (Lipinski definition) is 3. The Bertz CT molecular complexity index is 447. The number of benzene rings is 1. The third-order valence-electron chi connectivity index (χ3n) is 3.10. The molecule has 18 heavy (non-hydrogen) atoms. The van der Waals surface area contributed by atoms with Crippen molar-refractivity contribution in [3.63, 3.8) is 0 Å². The van der Waals surface area contributed by atoms with Gasteiger partial charge in [-0.3, -0.25) is 0 Å². The molecule has 0 amide bonds. The smallest absolute Gasteiger partial charge is 0.106 e. The number of anilines is 1. The summed E-state index contributed by atoms with van der Waals surface area (Å²) in [7, 11) is 0. The Labute approximate surface area is 121 Å². The van der Waals surface area contributed by atoms with Gasteiger partial charge in [0, 0.05) is 28.4 Å². The molecule has 1 aromatic rings. The van der Waals surface area contributed by atoms with Gasteiger partial charge in [0.15, 0.2) is 0 Å². The van der Waals surface area contributed by atoms with E-state index in [9.17, 15) is 0 Å². The third-order valence-corrected chi connectivity index (χ3v) is 3.82. The van der Waals surface area contributed by atoms with E-state index in [1.54, 1.807) is 0 Å². The predicted octanol–water partition coefficient (Wildman–Crippen LogP) is 3.06. The van der Waals surface area contributed by atoms with Crippen LogP contribution in [0.2, 0.25) is 0 Å². The lowest BCUT2D eigenvalue weighted by atomic mass is 9.89. The van der Waals surface area contributed by atoms with Crippen molar-refractivity contribution < 1.29 is 4.74 Å². The van der Waals surface area contributed by atoms with Crippen LogP contribution in [0.5, 0.6) is 0 Å². The maximum absolute atomic E-state index is 5.74. The van der Waals surface area contributed by atoms with Crippen LogP contribution in [-0.2, 0) is 4.74 Å². The van der Waals surface area contributed by atoms with Crippen molar-refractivity contribution in [1.82, 2.24) is 0 Å². The monoisotopic (exact) mass is 328 g/mol. The van der Waals surface area contributed by atoms with Crippen LogP contribution in [-0.4, -0.2) is 23.7 Å². The summed E-state index contributed by atoms with van der Waals surface area (Å²) in [6.45, 7) is 2.81. The maximum atomic E-state index is 5.74. The second-order valence-electron chi connectivity index (χ2n) is 4.44. The van der Waals surface area contributed by atoms with Gasteiger partial charge in [-0.1, -0.05) is 28.1 Å². The Morgan fingerprint density at radius 1 is 1.56 bits per heavy atom. The lowest BCUT2D eigenvalue weighted by molar-refractivity contribution is 0.00299. The normalized spacial score (nSPS) is 22.3. The molecule has 2 rings (SSSR count). The standard InChI is InChI=1S/C13H17BrN2OS/c1-2-17-10-6-9(7-10)16-12-4-3-8(14)5-11(12)13(15)18/h3-5,9-10,16H,2,6-7H2,1H3,(H2,15,18). The molecular formula is C13H17BrN2OS. The van der Waals surface area contributed by atoms with Gasteiger partial charge in [-0.05, 0) is 38.0 Å². The van der Waals surface area contributed by atoms with Gasteiger partial charge >= 0.3 is 0 Å². The Balaban J connectivity index is 2.00. The van der Waals surface area contributed by atoms with Gasteiger partial charge < -0.3 is 15.8 Å². The zero-order valence-electron chi connectivity index (χ0n) is 10.3. The van der Waals surface area contributed by atoms with E-state index in [0.29, 0.717) is 17.1 Å². The summed E-state index contributed by atoms with van der Waals surface area (Å²) in [5.74, 6) is 0. The largest absolute Gasteiger partial charge is 0.389 e. The van der Waals surface area contributed by atoms with E-state index in [4.69, 9.17) is 22.7 Å². The van der Waals surface area contributed by atoms with Crippen LogP contribution in [0.1, 0.15) is 25.3 Å². The molecule has 1 aliphatic carbocycles. The highest BCUT2D eigenvalue weighted by molar-refractivity contribution is 9.10. The molecule has 3 nitrogen and oxygen atoms in total. The molecule has 0 heterocycles. The summed E-state index contributed by atoms with van der Waals surface area (Å²) in [4.78, 5) is 0.416. The highest BCUT2D eigenvalue weighted by Gasteiger charge is 2.29. The molecule has 0 aliphatic heterocycles. The number of nitrogens with one attached hydrogen (secondary N) is 1. The minimum absolute atomic E-state index is 0.399. The molecule has 0 radical (unpaired) electrons. The van der Waals surface area contributed by atoms with E-state index >= 15 is 0 Å². The average molecular weight is 329 g/mol. The van der Waals surface area contributed by atoms with Gasteiger partial charge in [-0.25, -0.2) is 0 Å². The van der Waals surface area contributed by atoms with Gasteiger partial charge in [0.1, 0.15) is 4.99 Å². The van der Waals surface area contributed by atoms with Crippen LogP contribution >= 0.6 is 28.1 Å². The molecule has 0 aromatic heterocycles. The fourth-order valence-electron chi connectivity index (χ4n) is 2.12. The number of halogens is 1. The van der Waals surface area contributed by atoms with E-state index in [1.165, 1.54) is 0 Å². The lowest BCUT2D eigenvalue weighted by Crippen LogP contribution is -2.41. The lowest BCUT2D eigenvalue weighted by Gasteiger charge is -2.36. The molecule has 0 saturated heterocycles. The molecule has 0 bridgehead atoms. The summed E-state index contributed by atoms with van der Waals surface area (Å²) < 4.78 is 6.53. The molecular weight excluding hydrogens is 312 g/mol. The Morgan fingerprint density at radius 3 is 2.89 bits per heavy atom. The molecule has 0 atom stereocenters. The van der Waals surface area contributed by atoms with Gasteiger partial charge in [-0.2, -0.15) is 0 Å². The molecule has 1 aromatic carbocycles. The summed E-state index contributed by atoms with van der Waals surface area (Å²) in [5.41, 5.74) is 7.63. The molecule has 1 aliphatic rings. The van der Waals surface area contributed by atoms with Gasteiger partial charge in [-0.15, -0.1) is 0 Å². The van der Waals surface area contributed by atoms with Crippen LogP contribution in [0.3, 0.4) is 0 Å². The van der Waals surface area contributed by atoms with Crippen LogP contribution < -0.4 is 11.1 Å². The van der Waals surface area contributed by atoms with Crippen molar-refractivity contribution in [3.05, 3.63) is 28.2 Å². The quantitative estimate of drug-likeness (QED) is 0.815. The highest BCUT2D eigenvalue weighted by Crippen LogP contribution is 2.29. The average Bonchev–Trinajstić information content (AvgIpc) is 2.28. The Morgan fingerprint density at radius 2 is 2.28 bits per heavy atom. The molecule has 3 N–H and O–H groups in total. The van der Waals surface area contributed by atoms with Crippen molar-refractivity contribution in [3.8, 4) is 0 Å². The zero-order chi connectivity index (χ0) is 13.1. The Kier molecular flexibility index (Phi) is 4.59. The van der Waals surface area contributed by atoms with Crippen molar-refractivity contribution in [2.75, 3.05) is 11.9 Å². The molecule has 98 valence electrons. The van der Waals surface area contributed by atoms with Crippen molar-refractivity contribution in [2.24, 2.45) is 5.73 Å². The Hall–Kier alpha value is -0.650. The first kappa shape index (κ1) is 13.8. The van der Waals surface area contributed by atoms with E-state index in [1.807, 2.05) is 25.1 Å². The van der Waals surface area contributed by atoms with Gasteiger partial charge in [0.2, 0.25) is 0 Å². The second-order valence-corrected chi connectivity index (χ2v) is 5.80. The molecule has 5 heteroatoms. The number of rotatable bonds is 5. The SMILES string of the molecule is CCOC1CC(Nc2ccc(Br)cc2C(N)=S)C1.